The van der Waals surface area contributed by atoms with Gasteiger partial charge in [-0.15, -0.1) is 0 Å². The molecule has 4 nitrogen and oxygen atoms in total. The second kappa shape index (κ2) is 7.38. The van der Waals surface area contributed by atoms with Crippen LogP contribution in [0.4, 0.5) is 0 Å². The van der Waals surface area contributed by atoms with Crippen molar-refractivity contribution in [2.45, 2.75) is 33.5 Å². The van der Waals surface area contributed by atoms with Crippen molar-refractivity contribution in [3.05, 3.63) is 21.1 Å². The second-order valence-corrected chi connectivity index (χ2v) is 5.34. The summed E-state index contributed by atoms with van der Waals surface area (Å²) in [6, 6.07) is 0. The van der Waals surface area contributed by atoms with Gasteiger partial charge < -0.3 is 9.47 Å². The molecule has 1 aromatic rings. The van der Waals surface area contributed by atoms with E-state index in [9.17, 15) is 0 Å². The Labute approximate surface area is 121 Å². The Kier molecular flexibility index (Phi) is 6.49. The van der Waals surface area contributed by atoms with Crippen LogP contribution < -0.4 is 0 Å². The average molecular weight is 338 g/mol. The van der Waals surface area contributed by atoms with Gasteiger partial charge in [0.25, 0.3) is 0 Å². The molecule has 0 bridgehead atoms. The maximum atomic E-state index is 6.09. The van der Waals surface area contributed by atoms with Crippen LogP contribution in [0.25, 0.3) is 0 Å². The molecular formula is C12H18BrClN2O2. The monoisotopic (exact) mass is 336 g/mol. The first-order chi connectivity index (χ1) is 8.51. The first-order valence-corrected chi connectivity index (χ1v) is 7.00. The van der Waals surface area contributed by atoms with Crippen molar-refractivity contribution in [3.63, 3.8) is 0 Å². The lowest BCUT2D eigenvalue weighted by Crippen LogP contribution is -2.16. The van der Waals surface area contributed by atoms with E-state index in [1.807, 2.05) is 6.92 Å². The van der Waals surface area contributed by atoms with Crippen molar-refractivity contribution in [2.75, 3.05) is 13.7 Å². The molecule has 0 spiro atoms. The number of hydrogen-bond donors (Lipinski definition) is 0. The van der Waals surface area contributed by atoms with E-state index in [-0.39, 0.29) is 12.0 Å². The highest BCUT2D eigenvalue weighted by Crippen LogP contribution is 2.29. The summed E-state index contributed by atoms with van der Waals surface area (Å²) in [4.78, 5) is 8.75. The van der Waals surface area contributed by atoms with Gasteiger partial charge in [-0.1, -0.05) is 25.4 Å². The average Bonchev–Trinajstić information content (AvgIpc) is 2.31. The highest BCUT2D eigenvalue weighted by molar-refractivity contribution is 9.10. The first-order valence-electron chi connectivity index (χ1n) is 5.83. The van der Waals surface area contributed by atoms with Crippen LogP contribution >= 0.6 is 27.5 Å². The number of rotatable bonds is 6. The second-order valence-electron chi connectivity index (χ2n) is 4.19. The maximum Gasteiger partial charge on any atom is 0.159 e. The van der Waals surface area contributed by atoms with Gasteiger partial charge in [-0.2, -0.15) is 0 Å². The van der Waals surface area contributed by atoms with Gasteiger partial charge in [0.2, 0.25) is 0 Å². The Balaban J connectivity index is 3.14. The minimum absolute atomic E-state index is 0.156. The summed E-state index contributed by atoms with van der Waals surface area (Å²) in [6.45, 7) is 7.07. The van der Waals surface area contributed by atoms with Gasteiger partial charge in [0.1, 0.15) is 11.3 Å². The zero-order chi connectivity index (χ0) is 13.7. The Bertz CT molecular complexity index is 402. The molecule has 0 saturated heterocycles. The number of halogens is 2. The molecule has 0 radical (unpaired) electrons. The van der Waals surface area contributed by atoms with Crippen molar-refractivity contribution in [2.24, 2.45) is 5.92 Å². The molecule has 0 saturated carbocycles. The minimum Gasteiger partial charge on any atom is -0.378 e. The van der Waals surface area contributed by atoms with E-state index in [1.54, 1.807) is 7.11 Å². The predicted octanol–water partition coefficient (Wildman–Crippen LogP) is 3.77. The molecule has 102 valence electrons. The predicted molar refractivity (Wildman–Crippen MR) is 74.7 cm³/mol. The number of methoxy groups -OCH3 is 1. The minimum atomic E-state index is -0.156. The van der Waals surface area contributed by atoms with E-state index < -0.39 is 0 Å². The van der Waals surface area contributed by atoms with E-state index in [0.29, 0.717) is 28.7 Å². The van der Waals surface area contributed by atoms with E-state index in [0.717, 1.165) is 5.69 Å². The molecule has 1 unspecified atom stereocenters. The van der Waals surface area contributed by atoms with Crippen LogP contribution in [-0.4, -0.2) is 23.7 Å². The number of aromatic nitrogens is 2. The van der Waals surface area contributed by atoms with Crippen LogP contribution in [-0.2, 0) is 16.1 Å². The van der Waals surface area contributed by atoms with Crippen LogP contribution in [0.1, 0.15) is 38.4 Å². The summed E-state index contributed by atoms with van der Waals surface area (Å²) in [5, 5.41) is 0.386. The Morgan fingerprint density at radius 3 is 2.50 bits per heavy atom. The van der Waals surface area contributed by atoms with E-state index >= 15 is 0 Å². The van der Waals surface area contributed by atoms with Crippen molar-refractivity contribution in [1.82, 2.24) is 9.97 Å². The third kappa shape index (κ3) is 3.88. The topological polar surface area (TPSA) is 44.2 Å². The third-order valence-electron chi connectivity index (χ3n) is 2.38. The molecule has 1 heterocycles. The first kappa shape index (κ1) is 15.8. The Hall–Kier alpha value is -0.230. The summed E-state index contributed by atoms with van der Waals surface area (Å²) in [5.74, 6) is 0.879. The van der Waals surface area contributed by atoms with E-state index in [1.165, 1.54) is 0 Å². The molecule has 0 aliphatic carbocycles. The van der Waals surface area contributed by atoms with Gasteiger partial charge in [0, 0.05) is 13.7 Å². The van der Waals surface area contributed by atoms with Gasteiger partial charge in [0.15, 0.2) is 5.82 Å². The molecule has 1 aromatic heterocycles. The molecular weight excluding hydrogens is 320 g/mol. The van der Waals surface area contributed by atoms with Gasteiger partial charge in [-0.25, -0.2) is 9.97 Å². The summed E-state index contributed by atoms with van der Waals surface area (Å²) >= 11 is 9.46. The van der Waals surface area contributed by atoms with Gasteiger partial charge >= 0.3 is 0 Å². The van der Waals surface area contributed by atoms with Gasteiger partial charge in [0.05, 0.1) is 16.8 Å². The van der Waals surface area contributed by atoms with Gasteiger partial charge in [-0.05, 0) is 28.8 Å². The molecule has 1 rings (SSSR count). The largest absolute Gasteiger partial charge is 0.378 e. The highest BCUT2D eigenvalue weighted by Gasteiger charge is 2.22. The molecule has 0 aliphatic rings. The fourth-order valence-electron chi connectivity index (χ4n) is 1.59. The number of ether oxygens (including phenoxy) is 2. The lowest BCUT2D eigenvalue weighted by Gasteiger charge is -2.20. The zero-order valence-corrected chi connectivity index (χ0v) is 13.4. The number of hydrogen-bond acceptors (Lipinski definition) is 4. The summed E-state index contributed by atoms with van der Waals surface area (Å²) < 4.78 is 11.5. The molecule has 18 heavy (non-hydrogen) atoms. The fourth-order valence-corrected chi connectivity index (χ4v) is 2.07. The van der Waals surface area contributed by atoms with Crippen molar-refractivity contribution < 1.29 is 9.47 Å². The van der Waals surface area contributed by atoms with Crippen LogP contribution in [0.15, 0.2) is 4.47 Å². The van der Waals surface area contributed by atoms with Gasteiger partial charge in [-0.3, -0.25) is 0 Å². The Morgan fingerprint density at radius 2 is 2.00 bits per heavy atom. The zero-order valence-electron chi connectivity index (χ0n) is 11.0. The normalized spacial score (nSPS) is 13.1. The molecule has 0 fully saturated rings. The summed E-state index contributed by atoms with van der Waals surface area (Å²) in [6.07, 6.45) is -0.156. The Morgan fingerprint density at radius 1 is 1.33 bits per heavy atom. The van der Waals surface area contributed by atoms with Crippen molar-refractivity contribution in [3.8, 4) is 0 Å². The molecule has 0 N–H and O–H groups in total. The molecule has 0 aliphatic heterocycles. The standard InChI is InChI=1S/C12H18BrClN2O2/c1-5-18-10(7(2)3)12-15-8(6-17-4)9(13)11(14)16-12/h7,10H,5-6H2,1-4H3. The SMILES string of the molecule is CCOC(c1nc(Cl)c(Br)c(COC)n1)C(C)C. The lowest BCUT2D eigenvalue weighted by atomic mass is 10.1. The number of nitrogens with zero attached hydrogens (tertiary/aromatic N) is 2. The third-order valence-corrected chi connectivity index (χ3v) is 3.72. The molecule has 1 atom stereocenters. The smallest absolute Gasteiger partial charge is 0.159 e. The molecule has 0 amide bonds. The summed E-state index contributed by atoms with van der Waals surface area (Å²) in [7, 11) is 1.62. The molecule has 6 heteroatoms. The summed E-state index contributed by atoms with van der Waals surface area (Å²) in [5.41, 5.74) is 0.734. The van der Waals surface area contributed by atoms with Crippen LogP contribution in [0.2, 0.25) is 5.15 Å². The van der Waals surface area contributed by atoms with Crippen LogP contribution in [0.5, 0.6) is 0 Å². The highest BCUT2D eigenvalue weighted by atomic mass is 79.9. The van der Waals surface area contributed by atoms with Crippen molar-refractivity contribution in [1.29, 1.82) is 0 Å². The van der Waals surface area contributed by atoms with Crippen molar-refractivity contribution >= 4 is 27.5 Å². The lowest BCUT2D eigenvalue weighted by molar-refractivity contribution is 0.0227. The van der Waals surface area contributed by atoms with E-state index in [2.05, 4.69) is 39.7 Å². The van der Waals surface area contributed by atoms with Crippen LogP contribution in [0, 0.1) is 5.92 Å². The van der Waals surface area contributed by atoms with E-state index in [4.69, 9.17) is 21.1 Å². The molecule has 0 aromatic carbocycles. The maximum absolute atomic E-state index is 6.09. The quantitative estimate of drug-likeness (QED) is 0.741. The van der Waals surface area contributed by atoms with Crippen LogP contribution in [0.3, 0.4) is 0 Å². The fraction of sp³-hybridized carbons (Fsp3) is 0.667.